The largest absolute Gasteiger partial charge is 0.478 e. The number of hydrogen-bond donors (Lipinski definition) is 1. The van der Waals surface area contributed by atoms with Gasteiger partial charge in [0.1, 0.15) is 5.75 Å². The maximum absolute atomic E-state index is 13.1. The maximum atomic E-state index is 13.1. The number of para-hydroxylation sites is 1. The Balaban J connectivity index is 2.05. The average Bonchev–Trinajstić information content (AvgIpc) is 2.67. The van der Waals surface area contributed by atoms with Crippen molar-refractivity contribution in [1.29, 1.82) is 0 Å². The van der Waals surface area contributed by atoms with Gasteiger partial charge in [0.05, 0.1) is 16.7 Å². The van der Waals surface area contributed by atoms with Gasteiger partial charge in [0.25, 0.3) is 0 Å². The monoisotopic (exact) mass is 386 g/mol. The van der Waals surface area contributed by atoms with Crippen LogP contribution in [0.2, 0.25) is 0 Å². The molecule has 3 aromatic rings. The molecule has 28 heavy (non-hydrogen) atoms. The summed E-state index contributed by atoms with van der Waals surface area (Å²) >= 11 is 0. The van der Waals surface area contributed by atoms with Crippen LogP contribution in [0.3, 0.4) is 0 Å². The van der Waals surface area contributed by atoms with E-state index in [0.717, 1.165) is 12.1 Å². The zero-order valence-electron chi connectivity index (χ0n) is 14.2. The molecule has 0 unspecified atom stereocenters. The lowest BCUT2D eigenvalue weighted by Gasteiger charge is -2.14. The Hall–Kier alpha value is -3.61. The van der Waals surface area contributed by atoms with Crippen molar-refractivity contribution in [3.63, 3.8) is 0 Å². The molecule has 0 spiro atoms. The predicted octanol–water partition coefficient (Wildman–Crippen LogP) is 5.29. The summed E-state index contributed by atoms with van der Waals surface area (Å²) < 4.78 is 44.4. The Morgan fingerprint density at radius 1 is 0.857 bits per heavy atom. The Kier molecular flexibility index (Phi) is 5.17. The number of halogens is 3. The molecular formula is C21H13F3O4. The number of carboxylic acid groups (broad SMARTS) is 1. The minimum Gasteiger partial charge on any atom is -0.478 e. The second kappa shape index (κ2) is 7.56. The van der Waals surface area contributed by atoms with Crippen molar-refractivity contribution in [3.8, 4) is 16.9 Å². The van der Waals surface area contributed by atoms with Crippen LogP contribution in [0.25, 0.3) is 11.1 Å². The fourth-order valence-electron chi connectivity index (χ4n) is 2.66. The summed E-state index contributed by atoms with van der Waals surface area (Å²) in [4.78, 5) is 23.9. The SMILES string of the molecule is O=C(O)c1ccc(C(=O)Oc2ccccc2C(F)(F)F)c(-c2ccccc2)c1. The number of benzene rings is 3. The van der Waals surface area contributed by atoms with Crippen molar-refractivity contribution in [2.45, 2.75) is 6.18 Å². The van der Waals surface area contributed by atoms with E-state index in [1.54, 1.807) is 30.3 Å². The second-order valence-electron chi connectivity index (χ2n) is 5.81. The molecule has 142 valence electrons. The third kappa shape index (κ3) is 4.03. The number of carbonyl (C=O) groups is 2. The van der Waals surface area contributed by atoms with Gasteiger partial charge in [0.15, 0.2) is 0 Å². The lowest BCUT2D eigenvalue weighted by molar-refractivity contribution is -0.138. The van der Waals surface area contributed by atoms with Gasteiger partial charge in [-0.25, -0.2) is 9.59 Å². The summed E-state index contributed by atoms with van der Waals surface area (Å²) in [5.74, 6) is -2.84. The number of hydrogen-bond acceptors (Lipinski definition) is 3. The molecule has 0 amide bonds. The van der Waals surface area contributed by atoms with Gasteiger partial charge in [-0.15, -0.1) is 0 Å². The van der Waals surface area contributed by atoms with Gasteiger partial charge in [0.2, 0.25) is 0 Å². The highest BCUT2D eigenvalue weighted by atomic mass is 19.4. The number of ether oxygens (including phenoxy) is 1. The molecule has 0 aliphatic rings. The molecule has 7 heteroatoms. The molecule has 0 aliphatic carbocycles. The number of carboxylic acids is 1. The molecule has 0 aromatic heterocycles. The van der Waals surface area contributed by atoms with Crippen LogP contribution in [0, 0.1) is 0 Å². The van der Waals surface area contributed by atoms with Crippen molar-refractivity contribution >= 4 is 11.9 Å². The molecule has 0 fully saturated rings. The van der Waals surface area contributed by atoms with Crippen LogP contribution in [-0.2, 0) is 6.18 Å². The van der Waals surface area contributed by atoms with Crippen LogP contribution in [0.5, 0.6) is 5.75 Å². The quantitative estimate of drug-likeness (QED) is 0.489. The highest BCUT2D eigenvalue weighted by Gasteiger charge is 2.35. The van der Waals surface area contributed by atoms with Crippen molar-refractivity contribution in [1.82, 2.24) is 0 Å². The van der Waals surface area contributed by atoms with Crippen LogP contribution < -0.4 is 4.74 Å². The van der Waals surface area contributed by atoms with E-state index >= 15 is 0 Å². The fraction of sp³-hybridized carbons (Fsp3) is 0.0476. The Morgan fingerprint density at radius 2 is 1.50 bits per heavy atom. The van der Waals surface area contributed by atoms with E-state index in [-0.39, 0.29) is 16.7 Å². The van der Waals surface area contributed by atoms with Crippen molar-refractivity contribution in [3.05, 3.63) is 89.5 Å². The highest BCUT2D eigenvalue weighted by molar-refractivity contribution is 6.01. The first-order valence-electron chi connectivity index (χ1n) is 8.08. The van der Waals surface area contributed by atoms with Gasteiger partial charge in [0, 0.05) is 0 Å². The van der Waals surface area contributed by atoms with Crippen molar-refractivity contribution < 1.29 is 32.6 Å². The van der Waals surface area contributed by atoms with Gasteiger partial charge < -0.3 is 9.84 Å². The Labute approximate surface area is 157 Å². The Bertz CT molecular complexity index is 1030. The molecular weight excluding hydrogens is 373 g/mol. The van der Waals surface area contributed by atoms with Gasteiger partial charge in [-0.1, -0.05) is 42.5 Å². The third-order valence-corrected chi connectivity index (χ3v) is 3.97. The third-order valence-electron chi connectivity index (χ3n) is 3.97. The standard InChI is InChI=1S/C21H13F3O4/c22-21(23,24)17-8-4-5-9-18(17)28-20(27)15-11-10-14(19(25)26)12-16(15)13-6-2-1-3-7-13/h1-12H,(H,25,26). The number of aromatic carboxylic acids is 1. The summed E-state index contributed by atoms with van der Waals surface area (Å²) in [5, 5.41) is 9.21. The molecule has 4 nitrogen and oxygen atoms in total. The van der Waals surface area contributed by atoms with E-state index in [4.69, 9.17) is 4.74 Å². The summed E-state index contributed by atoms with van der Waals surface area (Å²) in [6.07, 6.45) is -4.69. The number of alkyl halides is 3. The van der Waals surface area contributed by atoms with Crippen LogP contribution in [-0.4, -0.2) is 17.0 Å². The molecule has 3 aromatic carbocycles. The zero-order chi connectivity index (χ0) is 20.3. The molecule has 1 N–H and O–H groups in total. The summed E-state index contributed by atoms with van der Waals surface area (Å²) in [6, 6.07) is 16.5. The van der Waals surface area contributed by atoms with Crippen molar-refractivity contribution in [2.75, 3.05) is 0 Å². The predicted molar refractivity (Wildman–Crippen MR) is 95.2 cm³/mol. The average molecular weight is 386 g/mol. The lowest BCUT2D eigenvalue weighted by Crippen LogP contribution is -2.15. The van der Waals surface area contributed by atoms with E-state index in [0.29, 0.717) is 5.56 Å². The maximum Gasteiger partial charge on any atom is 0.419 e. The van der Waals surface area contributed by atoms with E-state index in [1.807, 2.05) is 0 Å². The zero-order valence-corrected chi connectivity index (χ0v) is 14.2. The van der Waals surface area contributed by atoms with Gasteiger partial charge in [-0.05, 0) is 41.5 Å². The van der Waals surface area contributed by atoms with Gasteiger partial charge in [-0.2, -0.15) is 13.2 Å². The van der Waals surface area contributed by atoms with E-state index in [1.165, 1.54) is 30.3 Å². The van der Waals surface area contributed by atoms with E-state index in [9.17, 15) is 27.9 Å². The van der Waals surface area contributed by atoms with Crippen molar-refractivity contribution in [2.24, 2.45) is 0 Å². The smallest absolute Gasteiger partial charge is 0.419 e. The summed E-state index contributed by atoms with van der Waals surface area (Å²) in [7, 11) is 0. The first kappa shape index (κ1) is 19.2. The van der Waals surface area contributed by atoms with Gasteiger partial charge >= 0.3 is 18.1 Å². The first-order valence-corrected chi connectivity index (χ1v) is 8.08. The molecule has 0 heterocycles. The summed E-state index contributed by atoms with van der Waals surface area (Å²) in [6.45, 7) is 0. The molecule has 0 aliphatic heterocycles. The Morgan fingerprint density at radius 3 is 2.14 bits per heavy atom. The molecule has 0 radical (unpaired) electrons. The number of rotatable bonds is 4. The normalized spacial score (nSPS) is 11.1. The molecule has 0 bridgehead atoms. The van der Waals surface area contributed by atoms with E-state index in [2.05, 4.69) is 0 Å². The molecule has 0 saturated heterocycles. The number of esters is 1. The minimum absolute atomic E-state index is 0.0480. The number of carbonyl (C=O) groups excluding carboxylic acids is 1. The van der Waals surface area contributed by atoms with Gasteiger partial charge in [-0.3, -0.25) is 0 Å². The molecule has 3 rings (SSSR count). The lowest BCUT2D eigenvalue weighted by atomic mass is 9.97. The molecule has 0 atom stereocenters. The van der Waals surface area contributed by atoms with Crippen LogP contribution in [0.15, 0.2) is 72.8 Å². The summed E-state index contributed by atoms with van der Waals surface area (Å²) in [5.41, 5.74) is -0.414. The topological polar surface area (TPSA) is 63.6 Å². The second-order valence-corrected chi connectivity index (χ2v) is 5.81. The molecule has 0 saturated carbocycles. The highest BCUT2D eigenvalue weighted by Crippen LogP contribution is 2.36. The minimum atomic E-state index is -4.69. The van der Waals surface area contributed by atoms with Crippen LogP contribution in [0.1, 0.15) is 26.3 Å². The van der Waals surface area contributed by atoms with Crippen LogP contribution >= 0.6 is 0 Å². The van der Waals surface area contributed by atoms with Crippen LogP contribution in [0.4, 0.5) is 13.2 Å². The fourth-order valence-corrected chi connectivity index (χ4v) is 2.66. The van der Waals surface area contributed by atoms with E-state index < -0.39 is 29.4 Å². The first-order chi connectivity index (χ1) is 13.3.